The predicted octanol–water partition coefficient (Wildman–Crippen LogP) is 4.66. The van der Waals surface area contributed by atoms with E-state index in [-0.39, 0.29) is 18.1 Å². The lowest BCUT2D eigenvalue weighted by Gasteiger charge is -2.17. The van der Waals surface area contributed by atoms with E-state index < -0.39 is 18.3 Å². The van der Waals surface area contributed by atoms with Gasteiger partial charge in [-0.3, -0.25) is 9.59 Å². The van der Waals surface area contributed by atoms with Crippen molar-refractivity contribution in [3.8, 4) is 16.9 Å². The monoisotopic (exact) mass is 434 g/mol. The van der Waals surface area contributed by atoms with Gasteiger partial charge in [-0.05, 0) is 40.3 Å². The van der Waals surface area contributed by atoms with Gasteiger partial charge in [0.25, 0.3) is 5.91 Å². The van der Waals surface area contributed by atoms with Gasteiger partial charge in [0, 0.05) is 0 Å². The summed E-state index contributed by atoms with van der Waals surface area (Å²) in [7, 11) is 0. The number of halogens is 3. The fourth-order valence-electron chi connectivity index (χ4n) is 2.82. The lowest BCUT2D eigenvalue weighted by molar-refractivity contribution is -0.274. The third-order valence-corrected chi connectivity index (χ3v) is 5.09. The minimum absolute atomic E-state index is 0.0470. The van der Waals surface area contributed by atoms with Gasteiger partial charge < -0.3 is 15.8 Å². The summed E-state index contributed by atoms with van der Waals surface area (Å²) in [6, 6.07) is 15.4. The number of hydrogen-bond donors (Lipinski definition) is 2. The molecule has 0 saturated heterocycles. The van der Waals surface area contributed by atoms with Crippen LogP contribution in [0.2, 0.25) is 0 Å². The van der Waals surface area contributed by atoms with Crippen LogP contribution in [0.3, 0.4) is 0 Å². The van der Waals surface area contributed by atoms with E-state index in [1.807, 2.05) is 6.07 Å². The van der Waals surface area contributed by atoms with Gasteiger partial charge in [-0.1, -0.05) is 42.5 Å². The summed E-state index contributed by atoms with van der Waals surface area (Å²) in [4.78, 5) is 24.5. The Morgan fingerprint density at radius 1 is 1.03 bits per heavy atom. The van der Waals surface area contributed by atoms with Crippen LogP contribution in [-0.2, 0) is 4.79 Å². The van der Waals surface area contributed by atoms with Crippen LogP contribution in [0.4, 0.5) is 13.2 Å². The van der Waals surface area contributed by atoms with Crippen molar-refractivity contribution in [2.75, 3.05) is 0 Å². The molecular weight excluding hydrogens is 417 g/mol. The average Bonchev–Trinajstić information content (AvgIpc) is 3.17. The van der Waals surface area contributed by atoms with Crippen molar-refractivity contribution in [2.45, 2.75) is 18.8 Å². The number of thiophene rings is 1. The number of ether oxygens (including phenoxy) is 1. The maximum atomic E-state index is 12.7. The third-order valence-electron chi connectivity index (χ3n) is 4.16. The van der Waals surface area contributed by atoms with E-state index in [9.17, 15) is 22.8 Å². The molecular formula is C21H17F3N2O3S. The lowest BCUT2D eigenvalue weighted by Crippen LogP contribution is -2.31. The topological polar surface area (TPSA) is 81.4 Å². The van der Waals surface area contributed by atoms with Gasteiger partial charge in [0.05, 0.1) is 17.3 Å². The van der Waals surface area contributed by atoms with Crippen LogP contribution in [0.15, 0.2) is 66.0 Å². The van der Waals surface area contributed by atoms with E-state index in [1.165, 1.54) is 35.6 Å². The van der Waals surface area contributed by atoms with Crippen LogP contribution < -0.4 is 15.8 Å². The van der Waals surface area contributed by atoms with Gasteiger partial charge in [-0.15, -0.1) is 24.5 Å². The van der Waals surface area contributed by atoms with Gasteiger partial charge in [-0.25, -0.2) is 0 Å². The van der Waals surface area contributed by atoms with Gasteiger partial charge in [0.1, 0.15) is 5.75 Å². The van der Waals surface area contributed by atoms with Gasteiger partial charge in [-0.2, -0.15) is 0 Å². The first-order chi connectivity index (χ1) is 14.2. The quantitative estimate of drug-likeness (QED) is 0.568. The molecule has 0 aliphatic heterocycles. The number of amides is 2. The highest BCUT2D eigenvalue weighted by atomic mass is 32.1. The zero-order chi connectivity index (χ0) is 21.7. The Labute approximate surface area is 174 Å². The van der Waals surface area contributed by atoms with Gasteiger partial charge >= 0.3 is 6.36 Å². The van der Waals surface area contributed by atoms with E-state index >= 15 is 0 Å². The summed E-state index contributed by atoms with van der Waals surface area (Å²) in [5, 5.41) is 4.53. The first-order valence-electron chi connectivity index (χ1n) is 8.80. The van der Waals surface area contributed by atoms with Crippen molar-refractivity contribution in [3.05, 3.63) is 76.5 Å². The molecule has 0 bridgehead atoms. The number of rotatable bonds is 7. The second-order valence-corrected chi connectivity index (χ2v) is 7.29. The Bertz CT molecular complexity index is 1020. The molecule has 3 N–H and O–H groups in total. The summed E-state index contributed by atoms with van der Waals surface area (Å²) in [6.45, 7) is 0. The van der Waals surface area contributed by atoms with Crippen molar-refractivity contribution < 1.29 is 27.5 Å². The molecule has 0 aliphatic rings. The summed E-state index contributed by atoms with van der Waals surface area (Å²) >= 11 is 1.18. The number of nitrogens with two attached hydrogens (primary N) is 1. The zero-order valence-corrected chi connectivity index (χ0v) is 16.3. The molecule has 30 heavy (non-hydrogen) atoms. The van der Waals surface area contributed by atoms with Crippen LogP contribution in [0, 0.1) is 0 Å². The van der Waals surface area contributed by atoms with Crippen molar-refractivity contribution >= 4 is 23.2 Å². The molecule has 0 saturated carbocycles. The van der Waals surface area contributed by atoms with Crippen molar-refractivity contribution in [1.82, 2.24) is 5.32 Å². The number of hydrogen-bond acceptors (Lipinski definition) is 4. The summed E-state index contributed by atoms with van der Waals surface area (Å²) < 4.78 is 40.7. The van der Waals surface area contributed by atoms with Gasteiger partial charge in [0.2, 0.25) is 5.91 Å². The van der Waals surface area contributed by atoms with E-state index in [1.54, 1.807) is 35.7 Å². The second-order valence-electron chi connectivity index (χ2n) is 6.38. The number of primary amides is 1. The smallest absolute Gasteiger partial charge is 0.406 e. The molecule has 0 unspecified atom stereocenters. The van der Waals surface area contributed by atoms with Gasteiger partial charge in [0.15, 0.2) is 0 Å². The third kappa shape index (κ3) is 5.84. The second kappa shape index (κ2) is 9.00. The Balaban J connectivity index is 1.73. The first-order valence-corrected chi connectivity index (χ1v) is 9.68. The maximum absolute atomic E-state index is 12.7. The molecule has 1 aromatic heterocycles. The molecule has 0 radical (unpaired) electrons. The molecule has 2 aromatic carbocycles. The van der Waals surface area contributed by atoms with Crippen LogP contribution in [0.1, 0.15) is 27.7 Å². The standard InChI is InChI=1S/C21H17F3N2O3S/c22-21(23,24)29-16-8-6-13(7-9-16)15-10-18(30-12-15)20(28)26-17(11-19(25)27)14-4-2-1-3-5-14/h1-10,12,17H,11H2,(H2,25,27)(H,26,28)/t17-/m1/s1. The predicted molar refractivity (Wildman–Crippen MR) is 107 cm³/mol. The molecule has 0 spiro atoms. The molecule has 3 rings (SSSR count). The molecule has 1 heterocycles. The fourth-order valence-corrected chi connectivity index (χ4v) is 3.64. The zero-order valence-electron chi connectivity index (χ0n) is 15.5. The Morgan fingerprint density at radius 2 is 1.70 bits per heavy atom. The molecule has 0 fully saturated rings. The largest absolute Gasteiger partial charge is 0.573 e. The van der Waals surface area contributed by atoms with E-state index in [0.717, 1.165) is 5.56 Å². The van der Waals surface area contributed by atoms with Crippen LogP contribution in [0.5, 0.6) is 5.75 Å². The van der Waals surface area contributed by atoms with E-state index in [0.29, 0.717) is 16.0 Å². The Hall–Kier alpha value is -3.33. The highest BCUT2D eigenvalue weighted by Crippen LogP contribution is 2.29. The molecule has 156 valence electrons. The minimum atomic E-state index is -4.75. The minimum Gasteiger partial charge on any atom is -0.406 e. The SMILES string of the molecule is NC(=O)C[C@@H](NC(=O)c1cc(-c2ccc(OC(F)(F)F)cc2)cs1)c1ccccc1. The molecule has 0 aliphatic carbocycles. The summed E-state index contributed by atoms with van der Waals surface area (Å²) in [5.74, 6) is -1.24. The summed E-state index contributed by atoms with van der Waals surface area (Å²) in [6.07, 6.45) is -4.80. The molecule has 9 heteroatoms. The number of benzene rings is 2. The number of carbonyl (C=O) groups is 2. The van der Waals surface area contributed by atoms with Crippen LogP contribution in [0.25, 0.3) is 11.1 Å². The molecule has 1 atom stereocenters. The highest BCUT2D eigenvalue weighted by Gasteiger charge is 2.31. The van der Waals surface area contributed by atoms with Crippen molar-refractivity contribution in [1.29, 1.82) is 0 Å². The Morgan fingerprint density at radius 3 is 2.30 bits per heavy atom. The first kappa shape index (κ1) is 21.4. The molecule has 3 aromatic rings. The maximum Gasteiger partial charge on any atom is 0.573 e. The molecule has 2 amide bonds. The number of carbonyl (C=O) groups excluding carboxylic acids is 2. The normalized spacial score (nSPS) is 12.2. The highest BCUT2D eigenvalue weighted by molar-refractivity contribution is 7.12. The van der Waals surface area contributed by atoms with E-state index in [2.05, 4.69) is 10.1 Å². The lowest BCUT2D eigenvalue weighted by atomic mass is 10.0. The van der Waals surface area contributed by atoms with Crippen LogP contribution in [-0.4, -0.2) is 18.2 Å². The Kier molecular flexibility index (Phi) is 6.41. The fraction of sp³-hybridized carbons (Fsp3) is 0.143. The number of nitrogens with one attached hydrogen (secondary N) is 1. The van der Waals surface area contributed by atoms with E-state index in [4.69, 9.17) is 5.73 Å². The number of alkyl halides is 3. The van der Waals surface area contributed by atoms with Crippen molar-refractivity contribution in [2.24, 2.45) is 5.73 Å². The van der Waals surface area contributed by atoms with Crippen molar-refractivity contribution in [3.63, 3.8) is 0 Å². The average molecular weight is 434 g/mol. The van der Waals surface area contributed by atoms with Crippen LogP contribution >= 0.6 is 11.3 Å². The molecule has 5 nitrogen and oxygen atoms in total. The summed E-state index contributed by atoms with van der Waals surface area (Å²) in [5.41, 5.74) is 7.37.